The van der Waals surface area contributed by atoms with Crippen molar-refractivity contribution in [2.45, 2.75) is 37.6 Å². The van der Waals surface area contributed by atoms with Crippen molar-refractivity contribution in [2.75, 3.05) is 11.9 Å². The highest BCUT2D eigenvalue weighted by Gasteiger charge is 2.34. The van der Waals surface area contributed by atoms with Crippen molar-refractivity contribution in [3.63, 3.8) is 0 Å². The number of rotatable bonds is 5. The molecule has 0 aromatic heterocycles. The number of anilines is 1. The zero-order valence-corrected chi connectivity index (χ0v) is 10.5. The molecule has 0 unspecified atom stereocenters. The first-order chi connectivity index (χ1) is 8.61. The molecule has 2 rings (SSSR count). The van der Waals surface area contributed by atoms with Crippen molar-refractivity contribution in [3.8, 4) is 0 Å². The third kappa shape index (κ3) is 3.31. The minimum absolute atomic E-state index is 0.0212. The van der Waals surface area contributed by atoms with Crippen LogP contribution in [0.25, 0.3) is 0 Å². The molecular formula is C14H20N2O2. The first kappa shape index (κ1) is 13.1. The second kappa shape index (κ2) is 5.50. The van der Waals surface area contributed by atoms with Crippen molar-refractivity contribution < 1.29 is 9.90 Å². The van der Waals surface area contributed by atoms with E-state index in [1.54, 1.807) is 0 Å². The van der Waals surface area contributed by atoms with Crippen molar-refractivity contribution >= 4 is 11.6 Å². The molecule has 0 radical (unpaired) electrons. The smallest absolute Gasteiger partial charge is 0.226 e. The molecule has 1 aromatic carbocycles. The lowest BCUT2D eigenvalue weighted by atomic mass is 9.75. The van der Waals surface area contributed by atoms with Gasteiger partial charge >= 0.3 is 0 Å². The van der Waals surface area contributed by atoms with E-state index in [9.17, 15) is 4.79 Å². The topological polar surface area (TPSA) is 75.4 Å². The van der Waals surface area contributed by atoms with E-state index in [1.807, 2.05) is 24.3 Å². The van der Waals surface area contributed by atoms with Gasteiger partial charge < -0.3 is 16.2 Å². The molecule has 0 spiro atoms. The fourth-order valence-corrected chi connectivity index (χ4v) is 2.22. The number of hydrogen-bond acceptors (Lipinski definition) is 3. The van der Waals surface area contributed by atoms with Crippen LogP contribution in [-0.2, 0) is 11.2 Å². The molecule has 1 amide bonds. The number of carbonyl (C=O) groups excluding carboxylic acids is 1. The van der Waals surface area contributed by atoms with Gasteiger partial charge in [-0.1, -0.05) is 12.1 Å². The number of aliphatic hydroxyl groups is 1. The van der Waals surface area contributed by atoms with Crippen molar-refractivity contribution in [1.82, 2.24) is 0 Å². The van der Waals surface area contributed by atoms with Crippen LogP contribution in [0.5, 0.6) is 0 Å². The Morgan fingerprint density at radius 3 is 2.50 bits per heavy atom. The van der Waals surface area contributed by atoms with Crippen LogP contribution in [0.15, 0.2) is 24.3 Å². The van der Waals surface area contributed by atoms with E-state index in [1.165, 1.54) is 0 Å². The van der Waals surface area contributed by atoms with Crippen LogP contribution in [-0.4, -0.2) is 23.2 Å². The van der Waals surface area contributed by atoms with E-state index in [2.05, 4.69) is 5.32 Å². The number of hydrogen-bond donors (Lipinski definition) is 3. The third-order valence-electron chi connectivity index (χ3n) is 3.50. The van der Waals surface area contributed by atoms with Crippen LogP contribution >= 0.6 is 0 Å². The molecule has 4 heteroatoms. The molecule has 1 aliphatic rings. The lowest BCUT2D eigenvalue weighted by Gasteiger charge is -2.37. The lowest BCUT2D eigenvalue weighted by molar-refractivity contribution is -0.118. The van der Waals surface area contributed by atoms with Crippen molar-refractivity contribution in [3.05, 3.63) is 29.8 Å². The van der Waals surface area contributed by atoms with E-state index in [4.69, 9.17) is 10.8 Å². The van der Waals surface area contributed by atoms with Crippen LogP contribution in [0.2, 0.25) is 0 Å². The monoisotopic (exact) mass is 248 g/mol. The Hall–Kier alpha value is -1.39. The Morgan fingerprint density at radius 2 is 2.00 bits per heavy atom. The number of amides is 1. The maximum absolute atomic E-state index is 11.8. The SMILES string of the molecule is NC1(CC(=O)Nc2ccc(CCO)cc2)CCC1. The lowest BCUT2D eigenvalue weighted by Crippen LogP contribution is -2.48. The molecule has 1 fully saturated rings. The summed E-state index contributed by atoms with van der Waals surface area (Å²) in [5, 5.41) is 11.7. The molecule has 1 saturated carbocycles. The average Bonchev–Trinajstić information content (AvgIpc) is 2.30. The van der Waals surface area contributed by atoms with Gasteiger partial charge in [0.1, 0.15) is 0 Å². The zero-order chi connectivity index (χ0) is 13.0. The maximum atomic E-state index is 11.8. The van der Waals surface area contributed by atoms with Crippen LogP contribution < -0.4 is 11.1 Å². The number of nitrogens with two attached hydrogens (primary N) is 1. The molecule has 0 bridgehead atoms. The number of carbonyl (C=O) groups is 1. The second-order valence-electron chi connectivity index (χ2n) is 5.11. The molecule has 4 N–H and O–H groups in total. The highest BCUT2D eigenvalue weighted by atomic mass is 16.2. The van der Waals surface area contributed by atoms with Gasteiger partial charge in [0.15, 0.2) is 0 Å². The molecule has 0 atom stereocenters. The molecule has 0 saturated heterocycles. The molecule has 4 nitrogen and oxygen atoms in total. The van der Waals surface area contributed by atoms with Crippen molar-refractivity contribution in [2.24, 2.45) is 5.73 Å². The van der Waals surface area contributed by atoms with Crippen LogP contribution in [0.3, 0.4) is 0 Å². The molecule has 1 aliphatic carbocycles. The van der Waals surface area contributed by atoms with Crippen LogP contribution in [0.4, 0.5) is 5.69 Å². The first-order valence-corrected chi connectivity index (χ1v) is 6.40. The van der Waals surface area contributed by atoms with Gasteiger partial charge in [-0.05, 0) is 43.4 Å². The van der Waals surface area contributed by atoms with Gasteiger partial charge in [-0.25, -0.2) is 0 Å². The fraction of sp³-hybridized carbons (Fsp3) is 0.500. The highest BCUT2D eigenvalue weighted by Crippen LogP contribution is 2.32. The molecule has 18 heavy (non-hydrogen) atoms. The predicted molar refractivity (Wildman–Crippen MR) is 71.2 cm³/mol. The quantitative estimate of drug-likeness (QED) is 0.738. The summed E-state index contributed by atoms with van der Waals surface area (Å²) in [5.74, 6) is -0.0212. The summed E-state index contributed by atoms with van der Waals surface area (Å²) < 4.78 is 0. The largest absolute Gasteiger partial charge is 0.396 e. The maximum Gasteiger partial charge on any atom is 0.226 e. The highest BCUT2D eigenvalue weighted by molar-refractivity contribution is 5.91. The molecule has 0 aliphatic heterocycles. The standard InChI is InChI=1S/C14H20N2O2/c15-14(7-1-8-14)10-13(18)16-12-4-2-11(3-5-12)6-9-17/h2-5,17H,1,6-10,15H2,(H,16,18). The first-order valence-electron chi connectivity index (χ1n) is 6.40. The summed E-state index contributed by atoms with van der Waals surface area (Å²) in [4.78, 5) is 11.8. The van der Waals surface area contributed by atoms with Gasteiger partial charge in [-0.2, -0.15) is 0 Å². The van der Waals surface area contributed by atoms with E-state index in [-0.39, 0.29) is 18.1 Å². The minimum Gasteiger partial charge on any atom is -0.396 e. The fourth-order valence-electron chi connectivity index (χ4n) is 2.22. The van der Waals surface area contributed by atoms with Gasteiger partial charge in [0.25, 0.3) is 0 Å². The Bertz CT molecular complexity index is 410. The van der Waals surface area contributed by atoms with Crippen molar-refractivity contribution in [1.29, 1.82) is 0 Å². The van der Waals surface area contributed by atoms with Gasteiger partial charge in [-0.15, -0.1) is 0 Å². The summed E-state index contributed by atoms with van der Waals surface area (Å²) in [6.07, 6.45) is 4.04. The molecule has 0 heterocycles. The zero-order valence-electron chi connectivity index (χ0n) is 10.5. The second-order valence-corrected chi connectivity index (χ2v) is 5.11. The average molecular weight is 248 g/mol. The van der Waals surface area contributed by atoms with Gasteiger partial charge in [-0.3, -0.25) is 4.79 Å². The summed E-state index contributed by atoms with van der Waals surface area (Å²) in [5.41, 5.74) is 7.60. The van der Waals surface area contributed by atoms with E-state index < -0.39 is 0 Å². The number of nitrogens with one attached hydrogen (secondary N) is 1. The summed E-state index contributed by atoms with van der Waals surface area (Å²) >= 11 is 0. The van der Waals surface area contributed by atoms with E-state index >= 15 is 0 Å². The Kier molecular flexibility index (Phi) is 3.99. The number of aliphatic hydroxyl groups excluding tert-OH is 1. The van der Waals surface area contributed by atoms with E-state index in [0.29, 0.717) is 12.8 Å². The minimum atomic E-state index is -0.277. The third-order valence-corrected chi connectivity index (χ3v) is 3.50. The molecular weight excluding hydrogens is 228 g/mol. The molecule has 98 valence electrons. The van der Waals surface area contributed by atoms with Crippen LogP contribution in [0.1, 0.15) is 31.2 Å². The van der Waals surface area contributed by atoms with Gasteiger partial charge in [0.2, 0.25) is 5.91 Å². The summed E-state index contributed by atoms with van der Waals surface area (Å²) in [6.45, 7) is 0.140. The Labute approximate surface area is 107 Å². The normalized spacial score (nSPS) is 17.0. The van der Waals surface area contributed by atoms with Gasteiger partial charge in [0, 0.05) is 24.3 Å². The van der Waals surface area contributed by atoms with Crippen LogP contribution in [0, 0.1) is 0 Å². The Morgan fingerprint density at radius 1 is 1.33 bits per heavy atom. The number of benzene rings is 1. The summed E-state index contributed by atoms with van der Waals surface area (Å²) in [6, 6.07) is 7.53. The predicted octanol–water partition coefficient (Wildman–Crippen LogP) is 1.43. The molecule has 1 aromatic rings. The Balaban J connectivity index is 1.86. The van der Waals surface area contributed by atoms with E-state index in [0.717, 1.165) is 30.5 Å². The summed E-state index contributed by atoms with van der Waals surface area (Å²) in [7, 11) is 0. The van der Waals surface area contributed by atoms with Gasteiger partial charge in [0.05, 0.1) is 0 Å².